The maximum absolute atomic E-state index is 10.7. The Morgan fingerprint density at radius 2 is 2.09 bits per heavy atom. The average molecular weight is 282 g/mol. The van der Waals surface area contributed by atoms with Gasteiger partial charge in [0.05, 0.1) is 3.57 Å². The summed E-state index contributed by atoms with van der Waals surface area (Å²) < 4.78 is 16.8. The van der Waals surface area contributed by atoms with Crippen molar-refractivity contribution in [3.8, 4) is 5.75 Å². The lowest BCUT2D eigenvalue weighted by molar-refractivity contribution is 0.509. The first kappa shape index (κ1) is 9.07. The van der Waals surface area contributed by atoms with Crippen LogP contribution < -0.4 is 4.52 Å². The quantitative estimate of drug-likeness (QED) is 0.616. The molecular formula is C7H8IO2P. The Labute approximate surface area is 80.0 Å². The van der Waals surface area contributed by atoms with Gasteiger partial charge in [-0.2, -0.15) is 0 Å². The molecule has 2 nitrogen and oxygen atoms in total. The molecule has 0 radical (unpaired) electrons. The number of hydrogen-bond acceptors (Lipinski definition) is 2. The zero-order valence-corrected chi connectivity index (χ0v) is 9.16. The number of halogens is 1. The van der Waals surface area contributed by atoms with Crippen molar-refractivity contribution < 1.29 is 9.09 Å². The highest BCUT2D eigenvalue weighted by molar-refractivity contribution is 14.1. The van der Waals surface area contributed by atoms with Crippen LogP contribution in [0.4, 0.5) is 0 Å². The van der Waals surface area contributed by atoms with E-state index in [0.29, 0.717) is 5.75 Å². The fourth-order valence-corrected chi connectivity index (χ4v) is 1.88. The van der Waals surface area contributed by atoms with E-state index in [0.717, 1.165) is 3.57 Å². The highest BCUT2D eigenvalue weighted by atomic mass is 127. The SMILES string of the molecule is C[PH](=O)Oc1ccccc1I. The van der Waals surface area contributed by atoms with Crippen molar-refractivity contribution in [1.82, 2.24) is 0 Å². The molecule has 0 aliphatic heterocycles. The zero-order valence-electron chi connectivity index (χ0n) is 6.00. The molecule has 4 heteroatoms. The summed E-state index contributed by atoms with van der Waals surface area (Å²) in [5.41, 5.74) is 0. The third kappa shape index (κ3) is 2.83. The van der Waals surface area contributed by atoms with Gasteiger partial charge in [-0.3, -0.25) is 4.57 Å². The van der Waals surface area contributed by atoms with E-state index in [2.05, 4.69) is 22.6 Å². The van der Waals surface area contributed by atoms with E-state index >= 15 is 0 Å². The van der Waals surface area contributed by atoms with Crippen molar-refractivity contribution in [1.29, 1.82) is 0 Å². The van der Waals surface area contributed by atoms with Crippen LogP contribution in [0.5, 0.6) is 5.75 Å². The maximum Gasteiger partial charge on any atom is 0.233 e. The largest absolute Gasteiger partial charge is 0.444 e. The molecule has 0 amide bonds. The molecule has 1 unspecified atom stereocenters. The van der Waals surface area contributed by atoms with E-state index < -0.39 is 8.03 Å². The first-order chi connectivity index (χ1) is 5.20. The minimum atomic E-state index is -1.86. The Bertz CT molecular complexity index is 275. The van der Waals surface area contributed by atoms with Gasteiger partial charge in [-0.25, -0.2) is 0 Å². The Morgan fingerprint density at radius 1 is 1.45 bits per heavy atom. The summed E-state index contributed by atoms with van der Waals surface area (Å²) in [6.07, 6.45) is 0. The van der Waals surface area contributed by atoms with Crippen LogP contribution in [0.3, 0.4) is 0 Å². The second-order valence-electron chi connectivity index (χ2n) is 2.02. The summed E-state index contributed by atoms with van der Waals surface area (Å²) in [6, 6.07) is 7.51. The maximum atomic E-state index is 10.7. The highest BCUT2D eigenvalue weighted by Gasteiger charge is 1.98. The van der Waals surface area contributed by atoms with Gasteiger partial charge in [-0.15, -0.1) is 0 Å². The van der Waals surface area contributed by atoms with Crippen LogP contribution in [0, 0.1) is 3.57 Å². The topological polar surface area (TPSA) is 26.3 Å². The second-order valence-corrected chi connectivity index (χ2v) is 4.37. The summed E-state index contributed by atoms with van der Waals surface area (Å²) >= 11 is 2.15. The minimum Gasteiger partial charge on any atom is -0.444 e. The molecule has 0 aliphatic carbocycles. The lowest BCUT2D eigenvalue weighted by Crippen LogP contribution is -1.82. The fraction of sp³-hybridized carbons (Fsp3) is 0.143. The van der Waals surface area contributed by atoms with Gasteiger partial charge in [-0.1, -0.05) is 12.1 Å². The van der Waals surface area contributed by atoms with Gasteiger partial charge in [0, 0.05) is 6.66 Å². The predicted molar refractivity (Wildman–Crippen MR) is 54.7 cm³/mol. The van der Waals surface area contributed by atoms with Gasteiger partial charge in [0.15, 0.2) is 0 Å². The van der Waals surface area contributed by atoms with Gasteiger partial charge < -0.3 is 4.52 Å². The van der Waals surface area contributed by atoms with Crippen LogP contribution in [0.2, 0.25) is 0 Å². The summed E-state index contributed by atoms with van der Waals surface area (Å²) in [5.74, 6) is 0.708. The van der Waals surface area contributed by atoms with E-state index in [1.165, 1.54) is 0 Å². The van der Waals surface area contributed by atoms with Crippen LogP contribution in [-0.2, 0) is 4.57 Å². The zero-order chi connectivity index (χ0) is 8.27. The van der Waals surface area contributed by atoms with Crippen LogP contribution in [0.25, 0.3) is 0 Å². The molecule has 0 N–H and O–H groups in total. The number of para-hydroxylation sites is 1. The van der Waals surface area contributed by atoms with E-state index in [9.17, 15) is 4.57 Å². The number of hydrogen-bond donors (Lipinski definition) is 0. The Kier molecular flexibility index (Phi) is 3.40. The Morgan fingerprint density at radius 3 is 2.64 bits per heavy atom. The highest BCUT2D eigenvalue weighted by Crippen LogP contribution is 2.27. The molecule has 0 saturated heterocycles. The van der Waals surface area contributed by atoms with E-state index in [-0.39, 0.29) is 0 Å². The summed E-state index contributed by atoms with van der Waals surface area (Å²) in [5, 5.41) is 0. The minimum absolute atomic E-state index is 0.708. The normalized spacial score (nSPS) is 12.5. The van der Waals surface area contributed by atoms with Crippen molar-refractivity contribution in [2.24, 2.45) is 0 Å². The van der Waals surface area contributed by atoms with Crippen LogP contribution in [0.15, 0.2) is 24.3 Å². The number of rotatable bonds is 2. The average Bonchev–Trinajstić information content (AvgIpc) is 1.93. The molecule has 1 atom stereocenters. The summed E-state index contributed by atoms with van der Waals surface area (Å²) in [7, 11) is -1.86. The molecule has 11 heavy (non-hydrogen) atoms. The second kappa shape index (κ2) is 4.12. The molecular weight excluding hydrogens is 274 g/mol. The lowest BCUT2D eigenvalue weighted by atomic mass is 10.3. The molecule has 0 aliphatic rings. The van der Waals surface area contributed by atoms with Crippen molar-refractivity contribution in [2.75, 3.05) is 6.66 Å². The smallest absolute Gasteiger partial charge is 0.233 e. The molecule has 0 fully saturated rings. The molecule has 0 saturated carbocycles. The molecule has 1 aromatic carbocycles. The molecule has 1 rings (SSSR count). The van der Waals surface area contributed by atoms with Crippen molar-refractivity contribution in [3.63, 3.8) is 0 Å². The molecule has 60 valence electrons. The van der Waals surface area contributed by atoms with Gasteiger partial charge in [-0.05, 0) is 34.7 Å². The van der Waals surface area contributed by atoms with Crippen molar-refractivity contribution >= 4 is 30.6 Å². The monoisotopic (exact) mass is 282 g/mol. The van der Waals surface area contributed by atoms with Crippen LogP contribution in [0.1, 0.15) is 0 Å². The molecule has 0 heterocycles. The molecule has 0 spiro atoms. The van der Waals surface area contributed by atoms with Gasteiger partial charge in [0.2, 0.25) is 8.03 Å². The Balaban J connectivity index is 2.86. The first-order valence-corrected chi connectivity index (χ1v) is 6.02. The lowest BCUT2D eigenvalue weighted by Gasteiger charge is -2.03. The van der Waals surface area contributed by atoms with Crippen LogP contribution >= 0.6 is 30.6 Å². The van der Waals surface area contributed by atoms with Gasteiger partial charge in [0.25, 0.3) is 0 Å². The Hall–Kier alpha value is -0.0200. The van der Waals surface area contributed by atoms with Gasteiger partial charge >= 0.3 is 0 Å². The first-order valence-electron chi connectivity index (χ1n) is 3.13. The molecule has 0 aromatic heterocycles. The fourth-order valence-electron chi connectivity index (χ4n) is 0.682. The van der Waals surface area contributed by atoms with E-state index in [1.54, 1.807) is 6.66 Å². The van der Waals surface area contributed by atoms with E-state index in [1.807, 2.05) is 24.3 Å². The van der Waals surface area contributed by atoms with Crippen molar-refractivity contribution in [2.45, 2.75) is 0 Å². The summed E-state index contributed by atoms with van der Waals surface area (Å²) in [4.78, 5) is 0. The van der Waals surface area contributed by atoms with Gasteiger partial charge in [0.1, 0.15) is 5.75 Å². The molecule has 1 aromatic rings. The predicted octanol–water partition coefficient (Wildman–Crippen LogP) is 2.77. The third-order valence-corrected chi connectivity index (χ3v) is 2.49. The summed E-state index contributed by atoms with van der Waals surface area (Å²) in [6.45, 7) is 1.58. The van der Waals surface area contributed by atoms with Crippen molar-refractivity contribution in [3.05, 3.63) is 27.8 Å². The van der Waals surface area contributed by atoms with Crippen LogP contribution in [-0.4, -0.2) is 6.66 Å². The standard InChI is InChI=1S/C7H8IO2P/c1-11(9)10-7-5-3-2-4-6(7)8/h2-5,11H,1H3. The third-order valence-electron chi connectivity index (χ3n) is 1.09. The number of benzene rings is 1. The molecule has 0 bridgehead atoms. The van der Waals surface area contributed by atoms with E-state index in [4.69, 9.17) is 4.52 Å².